The molecule has 1 N–H and O–H groups in total. The molecule has 0 saturated carbocycles. The van der Waals surface area contributed by atoms with Crippen LogP contribution in [-0.2, 0) is 11.3 Å². The van der Waals surface area contributed by atoms with Crippen molar-refractivity contribution in [1.82, 2.24) is 14.8 Å². The Hall–Kier alpha value is -2.51. The molecule has 1 unspecified atom stereocenters. The minimum absolute atomic E-state index is 0.0811. The van der Waals surface area contributed by atoms with E-state index in [1.165, 1.54) is 11.8 Å². The summed E-state index contributed by atoms with van der Waals surface area (Å²) in [5.41, 5.74) is 3.03. The van der Waals surface area contributed by atoms with E-state index in [0.29, 0.717) is 28.3 Å². The van der Waals surface area contributed by atoms with E-state index in [2.05, 4.69) is 15.5 Å². The molecule has 3 aromatic rings. The van der Waals surface area contributed by atoms with Gasteiger partial charge in [-0.1, -0.05) is 47.1 Å². The molecule has 0 bridgehead atoms. The van der Waals surface area contributed by atoms with Crippen molar-refractivity contribution in [2.45, 2.75) is 45.5 Å². The number of carbonyl (C=O) groups excluding carboxylic acids is 1. The largest absolute Gasteiger partial charge is 0.483 e. The molecular weight excluding hydrogens is 420 g/mol. The lowest BCUT2D eigenvalue weighted by Crippen LogP contribution is -2.16. The van der Waals surface area contributed by atoms with Crippen LogP contribution in [0.2, 0.25) is 5.02 Å². The van der Waals surface area contributed by atoms with Crippen LogP contribution in [0, 0.1) is 13.8 Å². The maximum atomic E-state index is 12.4. The maximum Gasteiger partial charge on any atom is 0.234 e. The molecule has 2 aromatic carbocycles. The summed E-state index contributed by atoms with van der Waals surface area (Å²) < 4.78 is 7.93. The molecule has 3 rings (SSSR count). The second-order valence-electron chi connectivity index (χ2n) is 6.96. The van der Waals surface area contributed by atoms with Gasteiger partial charge in [0.2, 0.25) is 5.91 Å². The minimum Gasteiger partial charge on any atom is -0.483 e. The second kappa shape index (κ2) is 10.00. The molecule has 6 nitrogen and oxygen atoms in total. The van der Waals surface area contributed by atoms with Crippen molar-refractivity contribution >= 4 is 35.0 Å². The standard InChI is InChI=1S/C22H25ClN4O2S/c1-5-27-21(16(4)29-18-8-6-7-17(23)12-18)25-26-22(27)30-13-20(28)24-19-10-9-14(2)11-15(19)3/h6-12,16H,5,13H2,1-4H3,(H,24,28). The number of amides is 1. The van der Waals surface area contributed by atoms with E-state index in [0.717, 1.165) is 16.8 Å². The number of halogens is 1. The molecule has 0 spiro atoms. The van der Waals surface area contributed by atoms with Gasteiger partial charge in [0.1, 0.15) is 5.75 Å². The van der Waals surface area contributed by atoms with Gasteiger partial charge in [0.25, 0.3) is 0 Å². The number of thioether (sulfide) groups is 1. The summed E-state index contributed by atoms with van der Waals surface area (Å²) in [7, 11) is 0. The first kappa shape index (κ1) is 22.2. The Labute approximate surface area is 186 Å². The number of hydrogen-bond donors (Lipinski definition) is 1. The number of carbonyl (C=O) groups is 1. The maximum absolute atomic E-state index is 12.4. The summed E-state index contributed by atoms with van der Waals surface area (Å²) in [5.74, 6) is 1.54. The van der Waals surface area contributed by atoms with E-state index in [1.807, 2.05) is 62.6 Å². The first-order valence-electron chi connectivity index (χ1n) is 9.72. The van der Waals surface area contributed by atoms with Gasteiger partial charge in [-0.3, -0.25) is 4.79 Å². The summed E-state index contributed by atoms with van der Waals surface area (Å²) in [5, 5.41) is 12.8. The van der Waals surface area contributed by atoms with Gasteiger partial charge in [-0.05, 0) is 57.5 Å². The zero-order valence-corrected chi connectivity index (χ0v) is 19.0. The zero-order chi connectivity index (χ0) is 21.7. The van der Waals surface area contributed by atoms with Crippen LogP contribution in [0.3, 0.4) is 0 Å². The van der Waals surface area contributed by atoms with Crippen molar-refractivity contribution in [2.24, 2.45) is 0 Å². The Morgan fingerprint density at radius 3 is 2.73 bits per heavy atom. The fourth-order valence-corrected chi connectivity index (χ4v) is 4.06. The lowest BCUT2D eigenvalue weighted by Gasteiger charge is -2.15. The summed E-state index contributed by atoms with van der Waals surface area (Å²) in [4.78, 5) is 12.4. The molecule has 158 valence electrons. The molecule has 1 aromatic heterocycles. The molecule has 0 saturated heterocycles. The van der Waals surface area contributed by atoms with Gasteiger partial charge in [0, 0.05) is 17.3 Å². The first-order valence-corrected chi connectivity index (χ1v) is 11.1. The van der Waals surface area contributed by atoms with Crippen molar-refractivity contribution in [3.8, 4) is 5.75 Å². The van der Waals surface area contributed by atoms with Crippen molar-refractivity contribution in [3.63, 3.8) is 0 Å². The molecule has 0 aliphatic heterocycles. The number of anilines is 1. The highest BCUT2D eigenvalue weighted by molar-refractivity contribution is 7.99. The highest BCUT2D eigenvalue weighted by atomic mass is 35.5. The summed E-state index contributed by atoms with van der Waals surface area (Å²) >= 11 is 7.38. The van der Waals surface area contributed by atoms with Gasteiger partial charge in [0.15, 0.2) is 17.1 Å². The molecule has 0 aliphatic rings. The number of benzene rings is 2. The van der Waals surface area contributed by atoms with Crippen LogP contribution in [0.4, 0.5) is 5.69 Å². The number of hydrogen-bond acceptors (Lipinski definition) is 5. The fourth-order valence-electron chi connectivity index (χ4n) is 3.07. The molecule has 0 radical (unpaired) electrons. The molecule has 0 fully saturated rings. The Morgan fingerprint density at radius 1 is 1.23 bits per heavy atom. The molecule has 8 heteroatoms. The van der Waals surface area contributed by atoms with Gasteiger partial charge >= 0.3 is 0 Å². The average Bonchev–Trinajstić information content (AvgIpc) is 3.11. The minimum atomic E-state index is -0.311. The zero-order valence-electron chi connectivity index (χ0n) is 17.5. The van der Waals surface area contributed by atoms with Gasteiger partial charge in [-0.15, -0.1) is 10.2 Å². The highest BCUT2D eigenvalue weighted by Crippen LogP contribution is 2.26. The smallest absolute Gasteiger partial charge is 0.234 e. The summed E-state index contributed by atoms with van der Waals surface area (Å²) in [6.45, 7) is 8.61. The van der Waals surface area contributed by atoms with Gasteiger partial charge in [0.05, 0.1) is 5.75 Å². The van der Waals surface area contributed by atoms with Crippen molar-refractivity contribution in [1.29, 1.82) is 0 Å². The summed E-state index contributed by atoms with van der Waals surface area (Å²) in [6.07, 6.45) is -0.311. The number of rotatable bonds is 8. The van der Waals surface area contributed by atoms with Crippen molar-refractivity contribution < 1.29 is 9.53 Å². The topological polar surface area (TPSA) is 69.0 Å². The third kappa shape index (κ3) is 5.55. The number of aryl methyl sites for hydroxylation is 2. The Morgan fingerprint density at radius 2 is 2.03 bits per heavy atom. The number of aromatic nitrogens is 3. The quantitative estimate of drug-likeness (QED) is 0.468. The Balaban J connectivity index is 1.64. The van der Waals surface area contributed by atoms with E-state index in [4.69, 9.17) is 16.3 Å². The lowest BCUT2D eigenvalue weighted by molar-refractivity contribution is -0.113. The van der Waals surface area contributed by atoms with E-state index in [1.54, 1.807) is 12.1 Å². The average molecular weight is 445 g/mol. The normalized spacial score (nSPS) is 11.9. The van der Waals surface area contributed by atoms with E-state index < -0.39 is 0 Å². The predicted molar refractivity (Wildman–Crippen MR) is 121 cm³/mol. The highest BCUT2D eigenvalue weighted by Gasteiger charge is 2.19. The number of nitrogens with zero attached hydrogens (tertiary/aromatic N) is 3. The van der Waals surface area contributed by atoms with Crippen LogP contribution < -0.4 is 10.1 Å². The van der Waals surface area contributed by atoms with Gasteiger partial charge in [-0.25, -0.2) is 0 Å². The predicted octanol–water partition coefficient (Wildman–Crippen LogP) is 5.44. The molecule has 1 heterocycles. The monoisotopic (exact) mass is 444 g/mol. The van der Waals surface area contributed by atoms with Gasteiger partial charge < -0.3 is 14.6 Å². The van der Waals surface area contributed by atoms with E-state index in [9.17, 15) is 4.79 Å². The Bertz CT molecular complexity index is 1040. The third-order valence-electron chi connectivity index (χ3n) is 4.52. The first-order chi connectivity index (χ1) is 14.4. The SMILES string of the molecule is CCn1c(SCC(=O)Nc2ccc(C)cc2C)nnc1C(C)Oc1cccc(Cl)c1. The second-order valence-corrected chi connectivity index (χ2v) is 8.34. The van der Waals surface area contributed by atoms with Crippen LogP contribution in [0.5, 0.6) is 5.75 Å². The molecule has 30 heavy (non-hydrogen) atoms. The van der Waals surface area contributed by atoms with Crippen LogP contribution >= 0.6 is 23.4 Å². The summed E-state index contributed by atoms with van der Waals surface area (Å²) in [6, 6.07) is 13.2. The lowest BCUT2D eigenvalue weighted by atomic mass is 10.1. The van der Waals surface area contributed by atoms with Crippen LogP contribution in [0.15, 0.2) is 47.6 Å². The third-order valence-corrected chi connectivity index (χ3v) is 5.72. The van der Waals surface area contributed by atoms with Crippen molar-refractivity contribution in [3.05, 3.63) is 64.4 Å². The molecular formula is C22H25ClN4O2S. The van der Waals surface area contributed by atoms with Crippen LogP contribution in [0.25, 0.3) is 0 Å². The van der Waals surface area contributed by atoms with E-state index >= 15 is 0 Å². The molecule has 1 atom stereocenters. The number of nitrogens with one attached hydrogen (secondary N) is 1. The van der Waals surface area contributed by atoms with Crippen LogP contribution in [-0.4, -0.2) is 26.4 Å². The van der Waals surface area contributed by atoms with Crippen molar-refractivity contribution in [2.75, 3.05) is 11.1 Å². The van der Waals surface area contributed by atoms with Gasteiger partial charge in [-0.2, -0.15) is 0 Å². The fraction of sp³-hybridized carbons (Fsp3) is 0.318. The number of ether oxygens (including phenoxy) is 1. The molecule has 1 amide bonds. The van der Waals surface area contributed by atoms with E-state index in [-0.39, 0.29) is 17.8 Å². The Kier molecular flexibility index (Phi) is 7.39. The van der Waals surface area contributed by atoms with Crippen LogP contribution in [0.1, 0.15) is 36.9 Å². The molecule has 0 aliphatic carbocycles.